The standard InChI is InChI=1S/C14H13F2N3O/c15-11-4-1-8(5-12(11)16)7-19-13-6-9(17)2-3-10(13)14(18)20/h1-6,19H,7,17H2,(H2,18,20). The van der Waals surface area contributed by atoms with Crippen molar-refractivity contribution in [2.75, 3.05) is 11.1 Å². The van der Waals surface area contributed by atoms with Crippen molar-refractivity contribution in [2.45, 2.75) is 6.54 Å². The van der Waals surface area contributed by atoms with Gasteiger partial charge in [0.05, 0.1) is 5.56 Å². The number of benzene rings is 2. The van der Waals surface area contributed by atoms with Gasteiger partial charge in [0, 0.05) is 17.9 Å². The molecule has 0 saturated heterocycles. The summed E-state index contributed by atoms with van der Waals surface area (Å²) >= 11 is 0. The summed E-state index contributed by atoms with van der Waals surface area (Å²) in [5.41, 5.74) is 12.6. The van der Waals surface area contributed by atoms with E-state index in [1.165, 1.54) is 12.1 Å². The maximum atomic E-state index is 13.1. The van der Waals surface area contributed by atoms with Crippen molar-refractivity contribution >= 4 is 17.3 Å². The minimum atomic E-state index is -0.924. The van der Waals surface area contributed by atoms with E-state index in [1.54, 1.807) is 12.1 Å². The second-order valence-corrected chi connectivity index (χ2v) is 4.27. The van der Waals surface area contributed by atoms with Crippen LogP contribution in [0, 0.1) is 11.6 Å². The van der Waals surface area contributed by atoms with Crippen LogP contribution in [-0.2, 0) is 6.54 Å². The second kappa shape index (κ2) is 5.56. The largest absolute Gasteiger partial charge is 0.399 e. The van der Waals surface area contributed by atoms with Crippen LogP contribution in [0.15, 0.2) is 36.4 Å². The van der Waals surface area contributed by atoms with Gasteiger partial charge in [-0.25, -0.2) is 8.78 Å². The van der Waals surface area contributed by atoms with Crippen LogP contribution in [0.3, 0.4) is 0 Å². The molecule has 0 fully saturated rings. The number of nitrogen functional groups attached to an aromatic ring is 1. The number of nitrogens with one attached hydrogen (secondary N) is 1. The molecule has 0 aliphatic carbocycles. The van der Waals surface area contributed by atoms with Crippen LogP contribution in [0.4, 0.5) is 20.2 Å². The summed E-state index contributed by atoms with van der Waals surface area (Å²) in [7, 11) is 0. The highest BCUT2D eigenvalue weighted by Crippen LogP contribution is 2.20. The lowest BCUT2D eigenvalue weighted by atomic mass is 10.1. The number of halogens is 2. The Morgan fingerprint density at radius 2 is 1.85 bits per heavy atom. The predicted molar refractivity (Wildman–Crippen MR) is 73.1 cm³/mol. The molecule has 0 heterocycles. The summed E-state index contributed by atoms with van der Waals surface area (Å²) in [6.07, 6.45) is 0. The Hall–Kier alpha value is -2.63. The molecule has 2 aromatic rings. The summed E-state index contributed by atoms with van der Waals surface area (Å²) < 4.78 is 25.9. The van der Waals surface area contributed by atoms with Gasteiger partial charge in [-0.05, 0) is 35.9 Å². The number of hydrogen-bond donors (Lipinski definition) is 3. The maximum absolute atomic E-state index is 13.1. The van der Waals surface area contributed by atoms with Gasteiger partial charge in [0.2, 0.25) is 0 Å². The lowest BCUT2D eigenvalue weighted by Gasteiger charge is -2.11. The van der Waals surface area contributed by atoms with Crippen LogP contribution < -0.4 is 16.8 Å². The number of carbonyl (C=O) groups excluding carboxylic acids is 1. The molecule has 6 heteroatoms. The Morgan fingerprint density at radius 1 is 1.10 bits per heavy atom. The molecule has 0 saturated carbocycles. The van der Waals surface area contributed by atoms with Gasteiger partial charge < -0.3 is 16.8 Å². The van der Waals surface area contributed by atoms with Crippen LogP contribution in [0.5, 0.6) is 0 Å². The second-order valence-electron chi connectivity index (χ2n) is 4.27. The monoisotopic (exact) mass is 277 g/mol. The Morgan fingerprint density at radius 3 is 2.50 bits per heavy atom. The number of primary amides is 1. The molecule has 1 amide bonds. The molecule has 0 bridgehead atoms. The first-order valence-corrected chi connectivity index (χ1v) is 5.84. The van der Waals surface area contributed by atoms with Gasteiger partial charge >= 0.3 is 0 Å². The number of amides is 1. The van der Waals surface area contributed by atoms with Crippen molar-refractivity contribution < 1.29 is 13.6 Å². The van der Waals surface area contributed by atoms with Gasteiger partial charge in [0.15, 0.2) is 11.6 Å². The molecule has 4 nitrogen and oxygen atoms in total. The zero-order valence-corrected chi connectivity index (χ0v) is 10.5. The first-order valence-electron chi connectivity index (χ1n) is 5.84. The Labute approximate surface area is 114 Å². The average Bonchev–Trinajstić information content (AvgIpc) is 2.40. The highest BCUT2D eigenvalue weighted by Gasteiger charge is 2.09. The summed E-state index contributed by atoms with van der Waals surface area (Å²) in [5.74, 6) is -2.43. The molecule has 0 radical (unpaired) electrons. The highest BCUT2D eigenvalue weighted by molar-refractivity contribution is 5.99. The number of anilines is 2. The van der Waals surface area contributed by atoms with Crippen molar-refractivity contribution in [1.29, 1.82) is 0 Å². The van der Waals surface area contributed by atoms with E-state index in [2.05, 4.69) is 5.32 Å². The van der Waals surface area contributed by atoms with Gasteiger partial charge in [-0.2, -0.15) is 0 Å². The molecule has 0 atom stereocenters. The van der Waals surface area contributed by atoms with E-state index in [1.807, 2.05) is 0 Å². The number of carbonyl (C=O) groups is 1. The Bertz CT molecular complexity index is 659. The number of rotatable bonds is 4. The van der Waals surface area contributed by atoms with Gasteiger partial charge in [-0.15, -0.1) is 0 Å². The van der Waals surface area contributed by atoms with Gasteiger partial charge in [-0.1, -0.05) is 6.07 Å². The molecule has 0 unspecified atom stereocenters. The first-order chi connectivity index (χ1) is 9.47. The summed E-state index contributed by atoms with van der Waals surface area (Å²) in [6.45, 7) is 0.209. The Kier molecular flexibility index (Phi) is 3.84. The quantitative estimate of drug-likeness (QED) is 0.750. The molecule has 0 aromatic heterocycles. The zero-order chi connectivity index (χ0) is 14.7. The topological polar surface area (TPSA) is 81.1 Å². The van der Waals surface area contributed by atoms with Crippen molar-refractivity contribution in [3.8, 4) is 0 Å². The molecule has 20 heavy (non-hydrogen) atoms. The minimum absolute atomic E-state index is 0.209. The molecule has 0 aliphatic rings. The first kappa shape index (κ1) is 13.8. The van der Waals surface area contributed by atoms with Crippen molar-refractivity contribution in [1.82, 2.24) is 0 Å². The molecule has 0 aliphatic heterocycles. The zero-order valence-electron chi connectivity index (χ0n) is 10.5. The third-order valence-electron chi connectivity index (χ3n) is 2.78. The Balaban J connectivity index is 2.20. The summed E-state index contributed by atoms with van der Waals surface area (Å²) in [4.78, 5) is 11.3. The number of nitrogens with two attached hydrogens (primary N) is 2. The van der Waals surface area contributed by atoms with Crippen LogP contribution >= 0.6 is 0 Å². The van der Waals surface area contributed by atoms with Crippen LogP contribution in [0.1, 0.15) is 15.9 Å². The van der Waals surface area contributed by atoms with Gasteiger partial charge in [0.25, 0.3) is 5.91 Å². The van der Waals surface area contributed by atoms with E-state index in [9.17, 15) is 13.6 Å². The lowest BCUT2D eigenvalue weighted by molar-refractivity contribution is 0.100. The van der Waals surface area contributed by atoms with Crippen LogP contribution in [-0.4, -0.2) is 5.91 Å². The van der Waals surface area contributed by atoms with Crippen LogP contribution in [0.25, 0.3) is 0 Å². The maximum Gasteiger partial charge on any atom is 0.250 e. The normalized spacial score (nSPS) is 10.3. The van der Waals surface area contributed by atoms with Gasteiger partial charge in [-0.3, -0.25) is 4.79 Å². The van der Waals surface area contributed by atoms with E-state index in [0.717, 1.165) is 12.1 Å². The number of hydrogen-bond acceptors (Lipinski definition) is 3. The van der Waals surface area contributed by atoms with E-state index in [4.69, 9.17) is 11.5 Å². The van der Waals surface area contributed by atoms with Crippen molar-refractivity contribution in [3.05, 3.63) is 59.2 Å². The predicted octanol–water partition coefficient (Wildman–Crippen LogP) is 2.26. The molecule has 0 spiro atoms. The smallest absolute Gasteiger partial charge is 0.250 e. The molecule has 104 valence electrons. The van der Waals surface area contributed by atoms with E-state index >= 15 is 0 Å². The third-order valence-corrected chi connectivity index (χ3v) is 2.78. The van der Waals surface area contributed by atoms with E-state index in [0.29, 0.717) is 16.9 Å². The summed E-state index contributed by atoms with van der Waals surface area (Å²) in [5, 5.41) is 2.93. The molecule has 2 aromatic carbocycles. The molecule has 2 rings (SSSR count). The van der Waals surface area contributed by atoms with Crippen LogP contribution in [0.2, 0.25) is 0 Å². The fourth-order valence-corrected chi connectivity index (χ4v) is 1.77. The SMILES string of the molecule is NC(=O)c1ccc(N)cc1NCc1ccc(F)c(F)c1. The third kappa shape index (κ3) is 3.03. The highest BCUT2D eigenvalue weighted by atomic mass is 19.2. The minimum Gasteiger partial charge on any atom is -0.399 e. The fourth-order valence-electron chi connectivity index (χ4n) is 1.77. The summed E-state index contributed by atoms with van der Waals surface area (Å²) in [6, 6.07) is 8.19. The van der Waals surface area contributed by atoms with Crippen molar-refractivity contribution in [2.24, 2.45) is 5.73 Å². The average molecular weight is 277 g/mol. The lowest BCUT2D eigenvalue weighted by Crippen LogP contribution is -2.14. The van der Waals surface area contributed by atoms with E-state index < -0.39 is 17.5 Å². The molecule has 5 N–H and O–H groups in total. The van der Waals surface area contributed by atoms with E-state index in [-0.39, 0.29) is 12.1 Å². The van der Waals surface area contributed by atoms with Crippen molar-refractivity contribution in [3.63, 3.8) is 0 Å². The molecular formula is C14H13F2N3O. The fraction of sp³-hybridized carbons (Fsp3) is 0.0714. The molecular weight excluding hydrogens is 264 g/mol. The van der Waals surface area contributed by atoms with Gasteiger partial charge in [0.1, 0.15) is 0 Å².